The van der Waals surface area contributed by atoms with E-state index in [2.05, 4.69) is 0 Å². The van der Waals surface area contributed by atoms with Gasteiger partial charge in [-0.15, -0.1) is 0 Å². The van der Waals surface area contributed by atoms with E-state index in [-0.39, 0.29) is 42.3 Å². The highest BCUT2D eigenvalue weighted by Crippen LogP contribution is 2.39. The third-order valence-electron chi connectivity index (χ3n) is 6.00. The monoisotopic (exact) mass is 504 g/mol. The number of Topliss-reactive ketones (excluding diaryl/α,β-unsaturated/α-hetero) is 1. The van der Waals surface area contributed by atoms with E-state index in [1.165, 1.54) is 64.8 Å². The number of ether oxygens (including phenoxy) is 2. The molecule has 2 aromatic rings. The fourth-order valence-electron chi connectivity index (χ4n) is 4.17. The molecule has 2 aliphatic heterocycles. The van der Waals surface area contributed by atoms with E-state index >= 15 is 0 Å². The topological polar surface area (TPSA) is 113 Å². The Bertz CT molecular complexity index is 1240. The Labute approximate surface area is 202 Å². The number of hydrogen-bond acceptors (Lipinski definition) is 7. The van der Waals surface area contributed by atoms with Gasteiger partial charge in [0.05, 0.1) is 36.3 Å². The summed E-state index contributed by atoms with van der Waals surface area (Å²) in [6, 6.07) is 9.78. The van der Waals surface area contributed by atoms with Crippen LogP contribution in [0.15, 0.2) is 59.0 Å². The summed E-state index contributed by atoms with van der Waals surface area (Å²) in [5.41, 5.74) is 0.444. The van der Waals surface area contributed by atoms with Gasteiger partial charge < -0.3 is 19.5 Å². The lowest BCUT2D eigenvalue weighted by molar-refractivity contribution is -0.140. The first-order chi connectivity index (χ1) is 16.8. The van der Waals surface area contributed by atoms with E-state index < -0.39 is 39.3 Å². The maximum atomic E-state index is 13.5. The molecule has 1 unspecified atom stereocenters. The first-order valence-electron chi connectivity index (χ1n) is 11.0. The van der Waals surface area contributed by atoms with E-state index in [4.69, 9.17) is 9.47 Å². The molecule has 9 nitrogen and oxygen atoms in total. The second-order valence-corrected chi connectivity index (χ2v) is 10.0. The lowest BCUT2D eigenvalue weighted by atomic mass is 9.95. The van der Waals surface area contributed by atoms with Crippen LogP contribution in [0.3, 0.4) is 0 Å². The van der Waals surface area contributed by atoms with Gasteiger partial charge in [-0.1, -0.05) is 12.1 Å². The Morgan fingerprint density at radius 1 is 1.09 bits per heavy atom. The number of sulfonamides is 1. The van der Waals surface area contributed by atoms with Crippen LogP contribution < -0.4 is 0 Å². The fourth-order valence-corrected chi connectivity index (χ4v) is 5.58. The number of ketones is 1. The van der Waals surface area contributed by atoms with Crippen molar-refractivity contribution >= 4 is 27.5 Å². The molecule has 0 radical (unpaired) electrons. The van der Waals surface area contributed by atoms with E-state index in [0.29, 0.717) is 18.8 Å². The molecule has 4 rings (SSSR count). The number of rotatable bonds is 7. The van der Waals surface area contributed by atoms with Crippen molar-refractivity contribution in [3.63, 3.8) is 0 Å². The predicted molar refractivity (Wildman–Crippen MR) is 123 cm³/mol. The molecular formula is C24H25FN2O7S. The number of nitrogens with zero attached hydrogens (tertiary/aromatic N) is 2. The van der Waals surface area contributed by atoms with Crippen molar-refractivity contribution in [2.75, 3.05) is 46.6 Å². The summed E-state index contributed by atoms with van der Waals surface area (Å²) in [5, 5.41) is 11.1. The van der Waals surface area contributed by atoms with Crippen molar-refractivity contribution in [1.82, 2.24) is 9.21 Å². The zero-order valence-electron chi connectivity index (χ0n) is 19.0. The number of amides is 1. The van der Waals surface area contributed by atoms with E-state index in [1.54, 1.807) is 0 Å². The molecule has 1 atom stereocenters. The minimum absolute atomic E-state index is 0.0339. The summed E-state index contributed by atoms with van der Waals surface area (Å²) >= 11 is 0. The maximum Gasteiger partial charge on any atom is 0.295 e. The molecule has 35 heavy (non-hydrogen) atoms. The van der Waals surface area contributed by atoms with Crippen LogP contribution in [0.1, 0.15) is 17.2 Å². The second kappa shape index (κ2) is 10.2. The third-order valence-corrected chi connectivity index (χ3v) is 7.91. The number of aliphatic hydroxyl groups is 1. The van der Waals surface area contributed by atoms with Crippen LogP contribution in [0.4, 0.5) is 4.39 Å². The van der Waals surface area contributed by atoms with Crippen LogP contribution in [0.5, 0.6) is 0 Å². The minimum Gasteiger partial charge on any atom is -0.507 e. The van der Waals surface area contributed by atoms with Crippen LogP contribution in [-0.4, -0.2) is 81.0 Å². The highest BCUT2D eigenvalue weighted by Gasteiger charge is 2.45. The molecule has 0 saturated carbocycles. The predicted octanol–water partition coefficient (Wildman–Crippen LogP) is 1.91. The molecule has 2 fully saturated rings. The van der Waals surface area contributed by atoms with Gasteiger partial charge in [0.2, 0.25) is 10.0 Å². The van der Waals surface area contributed by atoms with Gasteiger partial charge in [-0.25, -0.2) is 12.8 Å². The normalized spacial score (nSPS) is 21.0. The SMILES string of the molecule is COCCN1C(=O)C(=O)/C(=C(/O)c2ccc(S(=O)(=O)N3CCOCC3)cc2)C1c1ccc(F)cc1. The molecule has 2 heterocycles. The highest BCUT2D eigenvalue weighted by molar-refractivity contribution is 7.89. The Balaban J connectivity index is 1.73. The van der Waals surface area contributed by atoms with Crippen molar-refractivity contribution in [3.8, 4) is 0 Å². The molecular weight excluding hydrogens is 479 g/mol. The number of halogens is 1. The van der Waals surface area contributed by atoms with Crippen molar-refractivity contribution in [2.24, 2.45) is 0 Å². The summed E-state index contributed by atoms with van der Waals surface area (Å²) in [6.07, 6.45) is 0. The standard InChI is InChI=1S/C24H25FN2O7S/c1-33-13-12-27-21(16-2-6-18(25)7-3-16)20(23(29)24(27)30)22(28)17-4-8-19(9-5-17)35(31,32)26-10-14-34-15-11-26/h2-9,21,28H,10-15H2,1H3/b22-20+. The van der Waals surface area contributed by atoms with Crippen LogP contribution in [0.25, 0.3) is 5.76 Å². The van der Waals surface area contributed by atoms with Crippen LogP contribution in [0, 0.1) is 5.82 Å². The molecule has 1 N–H and O–H groups in total. The zero-order chi connectivity index (χ0) is 25.2. The van der Waals surface area contributed by atoms with Gasteiger partial charge in [0, 0.05) is 32.3 Å². The highest BCUT2D eigenvalue weighted by atomic mass is 32.2. The molecule has 11 heteroatoms. The molecule has 2 saturated heterocycles. The third kappa shape index (κ3) is 4.85. The average molecular weight is 505 g/mol. The number of likely N-dealkylation sites (tertiary alicyclic amines) is 1. The Kier molecular flexibility index (Phi) is 7.31. The van der Waals surface area contributed by atoms with Gasteiger partial charge in [0.25, 0.3) is 11.7 Å². The van der Waals surface area contributed by atoms with Gasteiger partial charge in [-0.2, -0.15) is 4.31 Å². The number of hydrogen-bond donors (Lipinski definition) is 1. The number of methoxy groups -OCH3 is 1. The van der Waals surface area contributed by atoms with Crippen molar-refractivity contribution in [3.05, 3.63) is 71.0 Å². The van der Waals surface area contributed by atoms with E-state index in [9.17, 15) is 27.5 Å². The second-order valence-electron chi connectivity index (χ2n) is 8.08. The minimum atomic E-state index is -3.74. The first kappa shape index (κ1) is 25.0. The molecule has 2 aliphatic rings. The van der Waals surface area contributed by atoms with E-state index in [1.807, 2.05) is 0 Å². The van der Waals surface area contributed by atoms with Crippen molar-refractivity contribution in [1.29, 1.82) is 0 Å². The molecule has 186 valence electrons. The number of morpholine rings is 1. The van der Waals surface area contributed by atoms with Crippen LogP contribution in [0.2, 0.25) is 0 Å². The van der Waals surface area contributed by atoms with Crippen molar-refractivity contribution < 1.29 is 37.0 Å². The quantitative estimate of drug-likeness (QED) is 0.348. The summed E-state index contributed by atoms with van der Waals surface area (Å²) in [7, 11) is -2.29. The number of aliphatic hydroxyl groups excluding tert-OH is 1. The first-order valence-corrected chi connectivity index (χ1v) is 12.4. The Morgan fingerprint density at radius 3 is 2.31 bits per heavy atom. The molecule has 0 spiro atoms. The Morgan fingerprint density at radius 2 is 1.71 bits per heavy atom. The summed E-state index contributed by atoms with van der Waals surface area (Å²) in [4.78, 5) is 27.0. The van der Waals surface area contributed by atoms with Crippen LogP contribution in [-0.2, 0) is 29.1 Å². The molecule has 1 amide bonds. The molecule has 0 bridgehead atoms. The van der Waals surface area contributed by atoms with E-state index in [0.717, 1.165) is 0 Å². The molecule has 2 aromatic carbocycles. The average Bonchev–Trinajstić information content (AvgIpc) is 3.13. The van der Waals surface area contributed by atoms with Crippen molar-refractivity contribution in [2.45, 2.75) is 10.9 Å². The molecule has 0 aromatic heterocycles. The lowest BCUT2D eigenvalue weighted by Gasteiger charge is -2.26. The number of carbonyl (C=O) groups is 2. The maximum absolute atomic E-state index is 13.5. The summed E-state index contributed by atoms with van der Waals surface area (Å²) in [5.74, 6) is -2.64. The van der Waals surface area contributed by atoms with Gasteiger partial charge in [-0.05, 0) is 42.0 Å². The van der Waals surface area contributed by atoms with Gasteiger partial charge in [0.1, 0.15) is 11.6 Å². The lowest BCUT2D eigenvalue weighted by Crippen LogP contribution is -2.40. The number of benzene rings is 2. The van der Waals surface area contributed by atoms with Gasteiger partial charge in [0.15, 0.2) is 0 Å². The summed E-state index contributed by atoms with van der Waals surface area (Å²) < 4.78 is 50.9. The fraction of sp³-hybridized carbons (Fsp3) is 0.333. The largest absolute Gasteiger partial charge is 0.507 e. The number of carbonyl (C=O) groups excluding carboxylic acids is 2. The van der Waals surface area contributed by atoms with Crippen LogP contribution >= 0.6 is 0 Å². The van der Waals surface area contributed by atoms with Gasteiger partial charge in [-0.3, -0.25) is 9.59 Å². The smallest absolute Gasteiger partial charge is 0.295 e. The van der Waals surface area contributed by atoms with Gasteiger partial charge >= 0.3 is 0 Å². The Hall–Kier alpha value is -3.12. The zero-order valence-corrected chi connectivity index (χ0v) is 19.8. The molecule has 0 aliphatic carbocycles. The summed E-state index contributed by atoms with van der Waals surface area (Å²) in [6.45, 7) is 1.34.